The summed E-state index contributed by atoms with van der Waals surface area (Å²) in [7, 11) is 0. The number of ketones is 1. The fraction of sp³-hybridized carbons (Fsp3) is 0.118. The third-order valence-electron chi connectivity index (χ3n) is 3.25. The first-order valence-corrected chi connectivity index (χ1v) is 7.25. The highest BCUT2D eigenvalue weighted by molar-refractivity contribution is 7.09. The van der Waals surface area contributed by atoms with Gasteiger partial charge in [0.15, 0.2) is 5.78 Å². The highest BCUT2D eigenvalue weighted by atomic mass is 32.1. The van der Waals surface area contributed by atoms with E-state index in [1.54, 1.807) is 11.3 Å². The second-order valence-electron chi connectivity index (χ2n) is 4.56. The van der Waals surface area contributed by atoms with Crippen LogP contribution in [0.2, 0.25) is 0 Å². The van der Waals surface area contributed by atoms with E-state index >= 15 is 0 Å². The van der Waals surface area contributed by atoms with Crippen molar-refractivity contribution in [2.24, 2.45) is 0 Å². The number of aryl methyl sites for hydroxylation is 1. The molecule has 19 heavy (non-hydrogen) atoms. The Kier molecular flexibility index (Phi) is 3.43. The minimum Gasteiger partial charge on any atom is -0.294 e. The van der Waals surface area contributed by atoms with Crippen LogP contribution in [0.1, 0.15) is 21.7 Å². The van der Waals surface area contributed by atoms with Gasteiger partial charge in [-0.1, -0.05) is 42.5 Å². The molecule has 1 heterocycles. The molecule has 3 aromatic rings. The Morgan fingerprint density at radius 2 is 1.79 bits per heavy atom. The summed E-state index contributed by atoms with van der Waals surface area (Å²) < 4.78 is 0. The molecule has 0 atom stereocenters. The van der Waals surface area contributed by atoms with E-state index in [2.05, 4.69) is 17.5 Å². The van der Waals surface area contributed by atoms with Crippen molar-refractivity contribution in [3.05, 3.63) is 70.4 Å². The van der Waals surface area contributed by atoms with Crippen LogP contribution in [0, 0.1) is 0 Å². The molecular formula is C17H14OS. The number of carbonyl (C=O) groups is 1. The topological polar surface area (TPSA) is 17.1 Å². The standard InChI is InChI=1S/C17H14OS/c18-17(10-9-16-6-3-11-19-16)15-8-7-13-4-1-2-5-14(13)12-15/h1-8,11-12H,9-10H2. The normalized spacial score (nSPS) is 10.7. The van der Waals surface area contributed by atoms with Crippen LogP contribution in [-0.4, -0.2) is 5.78 Å². The predicted octanol–water partition coefficient (Wildman–Crippen LogP) is 4.72. The molecular weight excluding hydrogens is 252 g/mol. The first kappa shape index (κ1) is 12.1. The zero-order valence-corrected chi connectivity index (χ0v) is 11.3. The molecule has 0 radical (unpaired) electrons. The Hall–Kier alpha value is -1.93. The minimum absolute atomic E-state index is 0.221. The van der Waals surface area contributed by atoms with Gasteiger partial charge in [0.1, 0.15) is 0 Å². The maximum absolute atomic E-state index is 12.2. The quantitative estimate of drug-likeness (QED) is 0.625. The van der Waals surface area contributed by atoms with E-state index in [0.717, 1.165) is 17.4 Å². The average Bonchev–Trinajstić information content (AvgIpc) is 2.97. The molecule has 0 aliphatic carbocycles. The fourth-order valence-corrected chi connectivity index (χ4v) is 2.91. The van der Waals surface area contributed by atoms with Crippen molar-refractivity contribution in [2.45, 2.75) is 12.8 Å². The molecule has 0 spiro atoms. The predicted molar refractivity (Wildman–Crippen MR) is 80.9 cm³/mol. The van der Waals surface area contributed by atoms with Crippen molar-refractivity contribution in [3.8, 4) is 0 Å². The number of carbonyl (C=O) groups excluding carboxylic acids is 1. The van der Waals surface area contributed by atoms with E-state index in [9.17, 15) is 4.79 Å². The van der Waals surface area contributed by atoms with Gasteiger partial charge in [-0.15, -0.1) is 11.3 Å². The van der Waals surface area contributed by atoms with Gasteiger partial charge in [0, 0.05) is 16.9 Å². The zero-order chi connectivity index (χ0) is 13.1. The van der Waals surface area contributed by atoms with Gasteiger partial charge in [0.05, 0.1) is 0 Å². The molecule has 1 nitrogen and oxygen atoms in total. The van der Waals surface area contributed by atoms with E-state index in [-0.39, 0.29) is 5.78 Å². The van der Waals surface area contributed by atoms with Gasteiger partial charge < -0.3 is 0 Å². The summed E-state index contributed by atoms with van der Waals surface area (Å²) in [4.78, 5) is 13.5. The smallest absolute Gasteiger partial charge is 0.163 e. The maximum atomic E-state index is 12.2. The first-order valence-electron chi connectivity index (χ1n) is 6.37. The number of benzene rings is 2. The molecule has 0 saturated carbocycles. The number of hydrogen-bond donors (Lipinski definition) is 0. The summed E-state index contributed by atoms with van der Waals surface area (Å²) in [6.45, 7) is 0. The monoisotopic (exact) mass is 266 g/mol. The lowest BCUT2D eigenvalue weighted by atomic mass is 10.0. The summed E-state index contributed by atoms with van der Waals surface area (Å²) in [5.41, 5.74) is 0.815. The van der Waals surface area contributed by atoms with Crippen LogP contribution < -0.4 is 0 Å². The van der Waals surface area contributed by atoms with Crippen molar-refractivity contribution in [1.82, 2.24) is 0 Å². The number of Topliss-reactive ketones (excluding diaryl/α,β-unsaturated/α-hetero) is 1. The van der Waals surface area contributed by atoms with E-state index in [0.29, 0.717) is 6.42 Å². The highest BCUT2D eigenvalue weighted by Gasteiger charge is 2.07. The summed E-state index contributed by atoms with van der Waals surface area (Å²) in [5, 5.41) is 4.36. The summed E-state index contributed by atoms with van der Waals surface area (Å²) >= 11 is 1.71. The van der Waals surface area contributed by atoms with Crippen LogP contribution >= 0.6 is 11.3 Å². The molecule has 2 heteroatoms. The van der Waals surface area contributed by atoms with Gasteiger partial charge in [-0.25, -0.2) is 0 Å². The van der Waals surface area contributed by atoms with Crippen molar-refractivity contribution >= 4 is 27.9 Å². The Labute approximate surface area is 116 Å². The fourth-order valence-electron chi connectivity index (χ4n) is 2.20. The number of hydrogen-bond acceptors (Lipinski definition) is 2. The minimum atomic E-state index is 0.221. The third kappa shape index (κ3) is 2.74. The van der Waals surface area contributed by atoms with Crippen molar-refractivity contribution < 1.29 is 4.79 Å². The van der Waals surface area contributed by atoms with Crippen LogP contribution in [0.4, 0.5) is 0 Å². The Morgan fingerprint density at radius 3 is 2.58 bits per heavy atom. The molecule has 2 aromatic carbocycles. The van der Waals surface area contributed by atoms with Gasteiger partial charge >= 0.3 is 0 Å². The number of thiophene rings is 1. The maximum Gasteiger partial charge on any atom is 0.163 e. The van der Waals surface area contributed by atoms with Gasteiger partial charge in [-0.2, -0.15) is 0 Å². The molecule has 0 N–H and O–H groups in total. The van der Waals surface area contributed by atoms with Crippen LogP contribution in [-0.2, 0) is 6.42 Å². The molecule has 0 bridgehead atoms. The molecule has 0 aliphatic rings. The van der Waals surface area contributed by atoms with Crippen molar-refractivity contribution in [1.29, 1.82) is 0 Å². The molecule has 94 valence electrons. The second kappa shape index (κ2) is 5.37. The number of rotatable bonds is 4. The molecule has 0 saturated heterocycles. The Bertz CT molecular complexity index is 698. The van der Waals surface area contributed by atoms with E-state index in [1.807, 2.05) is 42.5 Å². The molecule has 1 aromatic heterocycles. The largest absolute Gasteiger partial charge is 0.294 e. The van der Waals surface area contributed by atoms with Crippen molar-refractivity contribution in [3.63, 3.8) is 0 Å². The number of fused-ring (bicyclic) bond motifs is 1. The average molecular weight is 266 g/mol. The van der Waals surface area contributed by atoms with Gasteiger partial charge in [-0.3, -0.25) is 4.79 Å². The zero-order valence-electron chi connectivity index (χ0n) is 10.5. The molecule has 0 unspecified atom stereocenters. The highest BCUT2D eigenvalue weighted by Crippen LogP contribution is 2.18. The van der Waals surface area contributed by atoms with Gasteiger partial charge in [0.2, 0.25) is 0 Å². The molecule has 0 fully saturated rings. The molecule has 3 rings (SSSR count). The van der Waals surface area contributed by atoms with Gasteiger partial charge in [-0.05, 0) is 34.7 Å². The summed E-state index contributed by atoms with van der Waals surface area (Å²) in [6, 6.07) is 18.2. The van der Waals surface area contributed by atoms with Crippen LogP contribution in [0.15, 0.2) is 60.0 Å². The van der Waals surface area contributed by atoms with E-state index in [4.69, 9.17) is 0 Å². The summed E-state index contributed by atoms with van der Waals surface area (Å²) in [5.74, 6) is 0.221. The van der Waals surface area contributed by atoms with Gasteiger partial charge in [0.25, 0.3) is 0 Å². The van der Waals surface area contributed by atoms with E-state index in [1.165, 1.54) is 10.3 Å². The van der Waals surface area contributed by atoms with Crippen LogP contribution in [0.25, 0.3) is 10.8 Å². The molecule has 0 aliphatic heterocycles. The third-order valence-corrected chi connectivity index (χ3v) is 4.19. The summed E-state index contributed by atoms with van der Waals surface area (Å²) in [6.07, 6.45) is 1.42. The lowest BCUT2D eigenvalue weighted by Gasteiger charge is -2.03. The Balaban J connectivity index is 1.77. The molecule has 0 amide bonds. The lowest BCUT2D eigenvalue weighted by molar-refractivity contribution is 0.0983. The first-order chi connectivity index (χ1) is 9.33. The second-order valence-corrected chi connectivity index (χ2v) is 5.60. The van der Waals surface area contributed by atoms with Crippen LogP contribution in [0.3, 0.4) is 0 Å². The van der Waals surface area contributed by atoms with Crippen LogP contribution in [0.5, 0.6) is 0 Å². The van der Waals surface area contributed by atoms with Crippen molar-refractivity contribution in [2.75, 3.05) is 0 Å². The SMILES string of the molecule is O=C(CCc1cccs1)c1ccc2ccccc2c1. The Morgan fingerprint density at radius 1 is 0.947 bits per heavy atom. The van der Waals surface area contributed by atoms with E-state index < -0.39 is 0 Å². The lowest BCUT2D eigenvalue weighted by Crippen LogP contribution is -2.00.